The second kappa shape index (κ2) is 10.4. The molecule has 11 heteroatoms. The highest BCUT2D eigenvalue weighted by atomic mass is 16.5. The van der Waals surface area contributed by atoms with Gasteiger partial charge in [0.2, 0.25) is 11.7 Å². The maximum atomic E-state index is 12.9. The van der Waals surface area contributed by atoms with Gasteiger partial charge in [0.25, 0.3) is 0 Å². The smallest absolute Gasteiger partial charge is 0.320 e. The Morgan fingerprint density at radius 3 is 2.41 bits per heavy atom. The molecule has 0 unspecified atom stereocenters. The quantitative estimate of drug-likeness (QED) is 0.694. The number of nitrogens with two attached hydrogens (primary N) is 1. The Bertz CT molecular complexity index is 1030. The third-order valence-corrected chi connectivity index (χ3v) is 5.99. The van der Waals surface area contributed by atoms with Crippen molar-refractivity contribution >= 4 is 28.7 Å². The van der Waals surface area contributed by atoms with Crippen LogP contribution in [0.3, 0.4) is 0 Å². The average Bonchev–Trinajstić information content (AvgIpc) is 3.09. The molecule has 186 valence electrons. The minimum absolute atomic E-state index is 0.0661. The summed E-state index contributed by atoms with van der Waals surface area (Å²) in [7, 11) is 3.13. The number of amides is 2. The van der Waals surface area contributed by atoms with Crippen LogP contribution in [0.5, 0.6) is 17.2 Å². The van der Waals surface area contributed by atoms with E-state index in [9.17, 15) is 4.79 Å². The van der Waals surface area contributed by atoms with E-state index in [0.717, 1.165) is 13.0 Å². The van der Waals surface area contributed by atoms with E-state index in [1.165, 1.54) is 0 Å². The first-order chi connectivity index (χ1) is 16.4. The maximum Gasteiger partial charge on any atom is 0.320 e. The zero-order chi connectivity index (χ0) is 24.2. The Hall–Kier alpha value is -3.21. The summed E-state index contributed by atoms with van der Waals surface area (Å²) in [6.07, 6.45) is 0.703. The molecule has 2 aliphatic heterocycles. The summed E-state index contributed by atoms with van der Waals surface area (Å²) in [5, 5.41) is 0.592. The van der Waals surface area contributed by atoms with E-state index in [-0.39, 0.29) is 12.1 Å². The number of methoxy groups -OCH3 is 2. The Morgan fingerprint density at radius 1 is 1.00 bits per heavy atom. The van der Waals surface area contributed by atoms with Crippen molar-refractivity contribution in [2.24, 2.45) is 0 Å². The van der Waals surface area contributed by atoms with E-state index >= 15 is 0 Å². The van der Waals surface area contributed by atoms with Crippen LogP contribution in [-0.2, 0) is 4.74 Å². The van der Waals surface area contributed by atoms with Gasteiger partial charge in [-0.3, -0.25) is 0 Å². The molecule has 1 aromatic carbocycles. The molecule has 4 rings (SSSR count). The number of urea groups is 1. The van der Waals surface area contributed by atoms with Crippen molar-refractivity contribution in [1.29, 1.82) is 0 Å². The van der Waals surface area contributed by atoms with Crippen LogP contribution in [-0.4, -0.2) is 98.6 Å². The summed E-state index contributed by atoms with van der Waals surface area (Å²) in [6.45, 7) is 8.92. The molecule has 0 atom stereocenters. The van der Waals surface area contributed by atoms with E-state index < -0.39 is 0 Å². The number of rotatable bonds is 5. The molecular weight excluding hydrogens is 440 g/mol. The first-order valence-corrected chi connectivity index (χ1v) is 11.7. The van der Waals surface area contributed by atoms with Crippen LogP contribution in [0.1, 0.15) is 20.3 Å². The van der Waals surface area contributed by atoms with Crippen molar-refractivity contribution in [3.05, 3.63) is 6.07 Å². The Balaban J connectivity index is 1.61. The molecule has 2 saturated heterocycles. The number of nitrogens with zero attached hydrogens (tertiary/aromatic N) is 5. The monoisotopic (exact) mass is 474 g/mol. The van der Waals surface area contributed by atoms with Gasteiger partial charge in [-0.25, -0.2) is 9.78 Å². The van der Waals surface area contributed by atoms with Gasteiger partial charge in [-0.05, 0) is 20.3 Å². The third-order valence-electron chi connectivity index (χ3n) is 5.99. The average molecular weight is 475 g/mol. The molecule has 0 radical (unpaired) electrons. The van der Waals surface area contributed by atoms with Crippen molar-refractivity contribution < 1.29 is 23.7 Å². The van der Waals surface area contributed by atoms with Crippen LogP contribution in [0.2, 0.25) is 0 Å². The fraction of sp³-hybridized carbons (Fsp3) is 0.609. The molecule has 2 N–H and O–H groups in total. The van der Waals surface area contributed by atoms with Gasteiger partial charge in [0, 0.05) is 45.3 Å². The predicted octanol–water partition coefficient (Wildman–Crippen LogP) is 1.98. The lowest BCUT2D eigenvalue weighted by Crippen LogP contribution is -2.49. The summed E-state index contributed by atoms with van der Waals surface area (Å²) in [4.78, 5) is 28.2. The molecule has 3 heterocycles. The molecule has 1 aromatic heterocycles. The number of carbonyl (C=O) groups is 1. The van der Waals surface area contributed by atoms with Gasteiger partial charge < -0.3 is 39.4 Å². The highest BCUT2D eigenvalue weighted by Gasteiger charge is 2.27. The van der Waals surface area contributed by atoms with E-state index in [1.54, 1.807) is 20.3 Å². The number of hydrogen-bond acceptors (Lipinski definition) is 9. The largest absolute Gasteiger partial charge is 0.493 e. The van der Waals surface area contributed by atoms with Crippen LogP contribution < -0.4 is 24.8 Å². The van der Waals surface area contributed by atoms with Crippen LogP contribution in [0.4, 0.5) is 16.6 Å². The molecule has 0 spiro atoms. The first kappa shape index (κ1) is 23.9. The number of aromatic nitrogens is 2. The van der Waals surface area contributed by atoms with E-state index in [0.29, 0.717) is 85.9 Å². The molecule has 0 aliphatic carbocycles. The summed E-state index contributed by atoms with van der Waals surface area (Å²) in [5.74, 6) is 2.26. The van der Waals surface area contributed by atoms with E-state index in [1.807, 2.05) is 23.6 Å². The summed E-state index contributed by atoms with van der Waals surface area (Å²) >= 11 is 0. The third kappa shape index (κ3) is 4.84. The van der Waals surface area contributed by atoms with Gasteiger partial charge >= 0.3 is 6.03 Å². The predicted molar refractivity (Wildman–Crippen MR) is 129 cm³/mol. The Morgan fingerprint density at radius 2 is 1.74 bits per heavy atom. The molecule has 2 fully saturated rings. The number of morpholine rings is 1. The summed E-state index contributed by atoms with van der Waals surface area (Å²) in [6, 6.07) is 1.85. The zero-order valence-corrected chi connectivity index (χ0v) is 20.4. The SMILES string of the molecule is COc1cc2nc(N3CCCN(C(=O)N4CCOCC4)CC3)nc(N)c2c(OC(C)C)c1OC. The van der Waals surface area contributed by atoms with Crippen molar-refractivity contribution in [2.75, 3.05) is 77.3 Å². The molecule has 0 saturated carbocycles. The highest BCUT2D eigenvalue weighted by Crippen LogP contribution is 2.45. The number of carbonyl (C=O) groups excluding carboxylic acids is 1. The lowest BCUT2D eigenvalue weighted by Gasteiger charge is -2.32. The van der Waals surface area contributed by atoms with E-state index in [4.69, 9.17) is 29.7 Å². The second-order valence-corrected chi connectivity index (χ2v) is 8.62. The normalized spacial score (nSPS) is 17.1. The minimum Gasteiger partial charge on any atom is -0.493 e. The molecule has 2 aromatic rings. The fourth-order valence-corrected chi connectivity index (χ4v) is 4.33. The van der Waals surface area contributed by atoms with Crippen molar-refractivity contribution in [3.63, 3.8) is 0 Å². The number of hydrogen-bond donors (Lipinski definition) is 1. The van der Waals surface area contributed by atoms with Gasteiger partial charge in [-0.1, -0.05) is 0 Å². The Labute approximate surface area is 199 Å². The molecular formula is C23H34N6O5. The topological polar surface area (TPSA) is 116 Å². The zero-order valence-electron chi connectivity index (χ0n) is 20.4. The van der Waals surface area contributed by atoms with Crippen molar-refractivity contribution in [2.45, 2.75) is 26.4 Å². The number of benzene rings is 1. The van der Waals surface area contributed by atoms with Crippen molar-refractivity contribution in [1.82, 2.24) is 19.8 Å². The molecule has 34 heavy (non-hydrogen) atoms. The molecule has 2 amide bonds. The van der Waals surface area contributed by atoms with Gasteiger partial charge in [-0.15, -0.1) is 0 Å². The van der Waals surface area contributed by atoms with Crippen molar-refractivity contribution in [3.8, 4) is 17.2 Å². The van der Waals surface area contributed by atoms with Crippen LogP contribution in [0.25, 0.3) is 10.9 Å². The standard InChI is InChI=1S/C23H34N6O5/c1-15(2)34-20-18-16(14-17(31-3)19(20)32-4)25-22(26-21(18)24)27-6-5-7-28(9-8-27)23(30)29-10-12-33-13-11-29/h14-15H,5-13H2,1-4H3,(H2,24,25,26). The number of anilines is 2. The van der Waals surface area contributed by atoms with Gasteiger partial charge in [0.05, 0.1) is 44.4 Å². The Kier molecular flexibility index (Phi) is 7.30. The van der Waals surface area contributed by atoms with E-state index in [2.05, 4.69) is 9.88 Å². The van der Waals surface area contributed by atoms with Crippen LogP contribution in [0, 0.1) is 0 Å². The number of nitrogen functional groups attached to an aromatic ring is 1. The lowest BCUT2D eigenvalue weighted by molar-refractivity contribution is 0.0438. The molecule has 0 bridgehead atoms. The van der Waals surface area contributed by atoms with Gasteiger partial charge in [0.1, 0.15) is 5.82 Å². The highest BCUT2D eigenvalue weighted by molar-refractivity contribution is 5.98. The fourth-order valence-electron chi connectivity index (χ4n) is 4.33. The molecule has 2 aliphatic rings. The minimum atomic E-state index is -0.108. The lowest BCUT2D eigenvalue weighted by atomic mass is 10.1. The maximum absolute atomic E-state index is 12.9. The van der Waals surface area contributed by atoms with Crippen LogP contribution in [0.15, 0.2) is 6.07 Å². The second-order valence-electron chi connectivity index (χ2n) is 8.62. The summed E-state index contributed by atoms with van der Waals surface area (Å²) < 4.78 is 22.5. The number of fused-ring (bicyclic) bond motifs is 1. The van der Waals surface area contributed by atoms with Crippen LogP contribution >= 0.6 is 0 Å². The first-order valence-electron chi connectivity index (χ1n) is 11.7. The summed E-state index contributed by atoms with van der Waals surface area (Å²) in [5.41, 5.74) is 7.04. The van der Waals surface area contributed by atoms with Gasteiger partial charge in [0.15, 0.2) is 11.5 Å². The number of ether oxygens (including phenoxy) is 4. The molecule has 11 nitrogen and oxygen atoms in total. The van der Waals surface area contributed by atoms with Gasteiger partial charge in [-0.2, -0.15) is 4.98 Å².